The molecule has 0 saturated heterocycles. The molecule has 0 radical (unpaired) electrons. The summed E-state index contributed by atoms with van der Waals surface area (Å²) in [5.74, 6) is 0.563. The Morgan fingerprint density at radius 1 is 1.13 bits per heavy atom. The monoisotopic (exact) mass is 246 g/mol. The summed E-state index contributed by atoms with van der Waals surface area (Å²) in [6.45, 7) is 12.0. The van der Waals surface area contributed by atoms with Gasteiger partial charge in [0.2, 0.25) is 0 Å². The highest BCUT2D eigenvalue weighted by atomic mass is 35.5. The summed E-state index contributed by atoms with van der Waals surface area (Å²) in [5, 5.41) is 0.285. The van der Waals surface area contributed by atoms with E-state index in [1.165, 1.54) is 0 Å². The van der Waals surface area contributed by atoms with E-state index in [4.69, 9.17) is 16.0 Å². The summed E-state index contributed by atoms with van der Waals surface area (Å²) >= 11 is 5.50. The molecule has 0 spiro atoms. The lowest BCUT2D eigenvalue weighted by molar-refractivity contribution is 0.328. The van der Waals surface area contributed by atoms with Crippen LogP contribution >= 0.6 is 11.6 Å². The molecule has 0 saturated carbocycles. The summed E-state index contributed by atoms with van der Waals surface area (Å²) < 4.78 is 5.96. The molecule has 0 heterocycles. The van der Waals surface area contributed by atoms with Gasteiger partial charge in [-0.15, -0.1) is 11.6 Å². The van der Waals surface area contributed by atoms with Crippen molar-refractivity contribution in [2.75, 3.05) is 12.5 Å². The zero-order valence-electron chi connectivity index (χ0n) is 10.5. The van der Waals surface area contributed by atoms with Crippen molar-refractivity contribution in [2.24, 2.45) is 0 Å². The van der Waals surface area contributed by atoms with Gasteiger partial charge in [0.15, 0.2) is 8.32 Å². The highest BCUT2D eigenvalue weighted by Gasteiger charge is 2.36. The molecule has 0 aromatic heterocycles. The zero-order valence-corrected chi connectivity index (χ0v) is 12.3. The molecule has 15 heavy (non-hydrogen) atoms. The number of alkyl halides is 1. The maximum Gasteiger partial charge on any atom is 0.192 e. The SMILES string of the molecule is CC(C)(C)[Si](C)(C)OC/C=C/C=C\CCl. The molecule has 0 aromatic carbocycles. The minimum Gasteiger partial charge on any atom is -0.413 e. The Morgan fingerprint density at radius 2 is 1.67 bits per heavy atom. The Hall–Kier alpha value is -0.0531. The first-order chi connectivity index (χ1) is 6.81. The molecule has 0 aliphatic carbocycles. The number of allylic oxidation sites excluding steroid dienone is 3. The minimum absolute atomic E-state index is 0.285. The second-order valence-electron chi connectivity index (χ2n) is 5.08. The van der Waals surface area contributed by atoms with Crippen LogP contribution in [0.1, 0.15) is 20.8 Å². The fraction of sp³-hybridized carbons (Fsp3) is 0.667. The third-order valence-electron chi connectivity index (χ3n) is 2.82. The highest BCUT2D eigenvalue weighted by molar-refractivity contribution is 6.74. The summed E-state index contributed by atoms with van der Waals surface area (Å²) in [4.78, 5) is 0. The van der Waals surface area contributed by atoms with E-state index < -0.39 is 8.32 Å². The third-order valence-corrected chi connectivity index (χ3v) is 7.50. The molecule has 0 aliphatic heterocycles. The number of rotatable bonds is 5. The summed E-state index contributed by atoms with van der Waals surface area (Å²) in [7, 11) is -1.57. The molecule has 88 valence electrons. The van der Waals surface area contributed by atoms with E-state index in [1.54, 1.807) is 0 Å². The van der Waals surface area contributed by atoms with Crippen molar-refractivity contribution in [1.82, 2.24) is 0 Å². The lowest BCUT2D eigenvalue weighted by Crippen LogP contribution is -2.40. The number of hydrogen-bond acceptors (Lipinski definition) is 1. The third kappa shape index (κ3) is 6.18. The summed E-state index contributed by atoms with van der Waals surface area (Å²) in [6.07, 6.45) is 7.87. The highest BCUT2D eigenvalue weighted by Crippen LogP contribution is 2.36. The van der Waals surface area contributed by atoms with Gasteiger partial charge in [-0.1, -0.05) is 45.1 Å². The molecule has 0 amide bonds. The van der Waals surface area contributed by atoms with Crippen molar-refractivity contribution in [3.05, 3.63) is 24.3 Å². The molecule has 0 bridgehead atoms. The molecular formula is C12H23ClOSi. The fourth-order valence-corrected chi connectivity index (χ4v) is 1.79. The molecule has 0 N–H and O–H groups in total. The second kappa shape index (κ2) is 6.51. The van der Waals surface area contributed by atoms with Gasteiger partial charge in [-0.2, -0.15) is 0 Å². The molecule has 0 unspecified atom stereocenters. The summed E-state index contributed by atoms with van der Waals surface area (Å²) in [5.41, 5.74) is 0. The van der Waals surface area contributed by atoms with Gasteiger partial charge >= 0.3 is 0 Å². The molecule has 0 fully saturated rings. The van der Waals surface area contributed by atoms with Crippen molar-refractivity contribution < 1.29 is 4.43 Å². The zero-order chi connectivity index (χ0) is 11.9. The molecule has 3 heteroatoms. The van der Waals surface area contributed by atoms with Crippen molar-refractivity contribution in [3.8, 4) is 0 Å². The van der Waals surface area contributed by atoms with Crippen LogP contribution in [0, 0.1) is 0 Å². The molecule has 0 aromatic rings. The first-order valence-electron chi connectivity index (χ1n) is 5.33. The van der Waals surface area contributed by atoms with Crippen LogP contribution in [0.25, 0.3) is 0 Å². The second-order valence-corrected chi connectivity index (χ2v) is 10.2. The van der Waals surface area contributed by atoms with Gasteiger partial charge in [-0.25, -0.2) is 0 Å². The van der Waals surface area contributed by atoms with Gasteiger partial charge < -0.3 is 4.43 Å². The topological polar surface area (TPSA) is 9.23 Å². The van der Waals surface area contributed by atoms with Crippen LogP contribution in [0.15, 0.2) is 24.3 Å². The first-order valence-corrected chi connectivity index (χ1v) is 8.77. The first kappa shape index (κ1) is 14.9. The van der Waals surface area contributed by atoms with E-state index in [0.29, 0.717) is 12.5 Å². The smallest absolute Gasteiger partial charge is 0.192 e. The van der Waals surface area contributed by atoms with Crippen LogP contribution in [0.5, 0.6) is 0 Å². The standard InChI is InChI=1S/C12H23ClOSi/c1-12(2,3)15(4,5)14-11-9-7-6-8-10-13/h6-9H,10-11H2,1-5H3/b8-6-,9-7+. The van der Waals surface area contributed by atoms with Gasteiger partial charge in [0.25, 0.3) is 0 Å². The summed E-state index contributed by atoms with van der Waals surface area (Å²) in [6, 6.07) is 0. The lowest BCUT2D eigenvalue weighted by atomic mass is 10.2. The van der Waals surface area contributed by atoms with E-state index in [1.807, 2.05) is 24.3 Å². The Morgan fingerprint density at radius 3 is 2.13 bits per heavy atom. The van der Waals surface area contributed by atoms with E-state index in [-0.39, 0.29) is 5.04 Å². The number of halogens is 1. The van der Waals surface area contributed by atoms with E-state index in [2.05, 4.69) is 33.9 Å². The average molecular weight is 247 g/mol. The molecule has 0 rings (SSSR count). The Kier molecular flexibility index (Phi) is 6.49. The van der Waals surface area contributed by atoms with Crippen LogP contribution in [0.2, 0.25) is 18.1 Å². The predicted molar refractivity (Wildman–Crippen MR) is 72.1 cm³/mol. The maximum absolute atomic E-state index is 5.96. The Labute approximate surface area is 100 Å². The van der Waals surface area contributed by atoms with Crippen molar-refractivity contribution in [1.29, 1.82) is 0 Å². The number of hydrogen-bond donors (Lipinski definition) is 0. The van der Waals surface area contributed by atoms with Gasteiger partial charge in [-0.05, 0) is 18.1 Å². The molecular weight excluding hydrogens is 224 g/mol. The van der Waals surface area contributed by atoms with Crippen molar-refractivity contribution in [2.45, 2.75) is 38.9 Å². The molecule has 0 aliphatic rings. The van der Waals surface area contributed by atoms with Crippen LogP contribution in [0.4, 0.5) is 0 Å². The Bertz CT molecular complexity index is 226. The quantitative estimate of drug-likeness (QED) is 0.398. The van der Waals surface area contributed by atoms with Crippen LogP contribution in [0.3, 0.4) is 0 Å². The van der Waals surface area contributed by atoms with Gasteiger partial charge in [0.1, 0.15) is 0 Å². The van der Waals surface area contributed by atoms with Crippen molar-refractivity contribution >= 4 is 19.9 Å². The van der Waals surface area contributed by atoms with Crippen LogP contribution < -0.4 is 0 Å². The van der Waals surface area contributed by atoms with Gasteiger partial charge in [-0.3, -0.25) is 0 Å². The van der Waals surface area contributed by atoms with Gasteiger partial charge in [0, 0.05) is 5.88 Å². The fourth-order valence-electron chi connectivity index (χ4n) is 0.737. The largest absolute Gasteiger partial charge is 0.413 e. The van der Waals surface area contributed by atoms with Crippen LogP contribution in [-0.2, 0) is 4.43 Å². The Balaban J connectivity index is 3.96. The average Bonchev–Trinajstić information content (AvgIpc) is 2.09. The van der Waals surface area contributed by atoms with Crippen LogP contribution in [-0.4, -0.2) is 20.8 Å². The van der Waals surface area contributed by atoms with Crippen molar-refractivity contribution in [3.63, 3.8) is 0 Å². The minimum atomic E-state index is -1.57. The van der Waals surface area contributed by atoms with E-state index in [9.17, 15) is 0 Å². The predicted octanol–water partition coefficient (Wildman–Crippen LogP) is 4.36. The molecule has 0 atom stereocenters. The normalized spacial score (nSPS) is 14.3. The van der Waals surface area contributed by atoms with Gasteiger partial charge in [0.05, 0.1) is 6.61 Å². The van der Waals surface area contributed by atoms with E-state index in [0.717, 1.165) is 0 Å². The maximum atomic E-state index is 5.96. The lowest BCUT2D eigenvalue weighted by Gasteiger charge is -2.35. The molecule has 1 nitrogen and oxygen atoms in total. The van der Waals surface area contributed by atoms with E-state index >= 15 is 0 Å².